The van der Waals surface area contributed by atoms with Gasteiger partial charge in [0.15, 0.2) is 5.96 Å². The molecule has 2 rings (SSSR count). The molecule has 0 radical (unpaired) electrons. The number of guanidine groups is 1. The highest BCUT2D eigenvalue weighted by Crippen LogP contribution is 2.24. The summed E-state index contributed by atoms with van der Waals surface area (Å²) in [4.78, 5) is 3.99. The maximum Gasteiger partial charge on any atom is 0.238 e. The zero-order valence-corrected chi connectivity index (χ0v) is 12.0. The third kappa shape index (κ3) is 4.04. The summed E-state index contributed by atoms with van der Waals surface area (Å²) in [5, 5.41) is 5.25. The normalized spacial score (nSPS) is 11.1. The lowest BCUT2D eigenvalue weighted by atomic mass is 10.0. The van der Waals surface area contributed by atoms with E-state index in [4.69, 9.17) is 16.6 Å². The van der Waals surface area contributed by atoms with Crippen molar-refractivity contribution >= 4 is 21.7 Å². The molecule has 0 aliphatic heterocycles. The van der Waals surface area contributed by atoms with E-state index in [0.29, 0.717) is 17.7 Å². The molecule has 0 amide bonds. The first-order valence-corrected chi connectivity index (χ1v) is 7.70. The van der Waals surface area contributed by atoms with E-state index in [1.165, 1.54) is 12.1 Å². The van der Waals surface area contributed by atoms with Crippen LogP contribution in [0.2, 0.25) is 0 Å². The first kappa shape index (κ1) is 15.0. The molecule has 110 valence electrons. The van der Waals surface area contributed by atoms with E-state index in [1.54, 1.807) is 6.07 Å². The minimum Gasteiger partial charge on any atom is -0.370 e. The maximum atomic E-state index is 11.7. The van der Waals surface area contributed by atoms with E-state index >= 15 is 0 Å². The average molecular weight is 304 g/mol. The van der Waals surface area contributed by atoms with Crippen LogP contribution in [0.3, 0.4) is 0 Å². The standard InChI is InChI=1S/C14H16N4O2S/c15-14(16)18-12-6-7-13(21(17,19)20)11(9-12)8-10-4-2-1-3-5-10/h1-7,9H,8H2,(H4,15,16,18)(H2,17,19,20). The molecular formula is C14H16N4O2S. The molecule has 0 aliphatic rings. The van der Waals surface area contributed by atoms with Crippen LogP contribution in [0.15, 0.2) is 58.4 Å². The van der Waals surface area contributed by atoms with Crippen molar-refractivity contribution in [3.63, 3.8) is 0 Å². The number of benzene rings is 2. The fraction of sp³-hybridized carbons (Fsp3) is 0.0714. The van der Waals surface area contributed by atoms with Gasteiger partial charge in [-0.3, -0.25) is 0 Å². The first-order chi connectivity index (χ1) is 9.86. The number of aliphatic imine (C=N–C) groups is 1. The Morgan fingerprint density at radius 3 is 2.29 bits per heavy atom. The predicted octanol–water partition coefficient (Wildman–Crippen LogP) is 0.830. The van der Waals surface area contributed by atoms with Gasteiger partial charge in [0.05, 0.1) is 10.6 Å². The molecule has 2 aromatic carbocycles. The van der Waals surface area contributed by atoms with Crippen LogP contribution in [-0.2, 0) is 16.4 Å². The number of primary sulfonamides is 1. The molecule has 0 fully saturated rings. The van der Waals surface area contributed by atoms with Crippen LogP contribution in [0.1, 0.15) is 11.1 Å². The highest BCUT2D eigenvalue weighted by molar-refractivity contribution is 7.89. The zero-order valence-electron chi connectivity index (χ0n) is 11.2. The van der Waals surface area contributed by atoms with Crippen molar-refractivity contribution in [2.24, 2.45) is 21.6 Å². The van der Waals surface area contributed by atoms with E-state index in [9.17, 15) is 8.42 Å². The van der Waals surface area contributed by atoms with Gasteiger partial charge in [0.2, 0.25) is 10.0 Å². The highest BCUT2D eigenvalue weighted by Gasteiger charge is 2.14. The van der Waals surface area contributed by atoms with Crippen molar-refractivity contribution < 1.29 is 8.42 Å². The summed E-state index contributed by atoms with van der Waals surface area (Å²) < 4.78 is 23.3. The van der Waals surface area contributed by atoms with Crippen molar-refractivity contribution in [2.75, 3.05) is 0 Å². The molecule has 0 saturated heterocycles. The predicted molar refractivity (Wildman–Crippen MR) is 82.5 cm³/mol. The lowest BCUT2D eigenvalue weighted by Crippen LogP contribution is -2.22. The molecule has 6 N–H and O–H groups in total. The van der Waals surface area contributed by atoms with Gasteiger partial charge in [-0.2, -0.15) is 0 Å². The summed E-state index contributed by atoms with van der Waals surface area (Å²) in [6.45, 7) is 0. The molecule has 0 bridgehead atoms. The third-order valence-electron chi connectivity index (χ3n) is 2.85. The number of hydrogen-bond donors (Lipinski definition) is 3. The van der Waals surface area contributed by atoms with Gasteiger partial charge in [0.25, 0.3) is 0 Å². The third-order valence-corrected chi connectivity index (χ3v) is 3.86. The molecule has 6 nitrogen and oxygen atoms in total. The minimum atomic E-state index is -3.81. The zero-order chi connectivity index (χ0) is 15.5. The van der Waals surface area contributed by atoms with Crippen molar-refractivity contribution in [2.45, 2.75) is 11.3 Å². The van der Waals surface area contributed by atoms with Gasteiger partial charge in [-0.05, 0) is 35.7 Å². The van der Waals surface area contributed by atoms with Crippen molar-refractivity contribution in [1.29, 1.82) is 0 Å². The average Bonchev–Trinajstić information content (AvgIpc) is 2.38. The van der Waals surface area contributed by atoms with Gasteiger partial charge in [-0.15, -0.1) is 0 Å². The Kier molecular flexibility index (Phi) is 4.25. The van der Waals surface area contributed by atoms with Gasteiger partial charge in [-0.25, -0.2) is 18.5 Å². The molecule has 0 heterocycles. The summed E-state index contributed by atoms with van der Waals surface area (Å²) in [7, 11) is -3.81. The van der Waals surface area contributed by atoms with E-state index in [0.717, 1.165) is 5.56 Å². The summed E-state index contributed by atoms with van der Waals surface area (Å²) in [5.74, 6) is -0.0935. The van der Waals surface area contributed by atoms with Crippen molar-refractivity contribution in [3.05, 3.63) is 59.7 Å². The molecule has 0 aliphatic carbocycles. The van der Waals surface area contributed by atoms with Crippen LogP contribution in [0.4, 0.5) is 5.69 Å². The van der Waals surface area contributed by atoms with Crippen LogP contribution in [0, 0.1) is 0 Å². The molecule has 0 saturated carbocycles. The van der Waals surface area contributed by atoms with Crippen LogP contribution in [0.5, 0.6) is 0 Å². The Hall–Kier alpha value is -2.38. The summed E-state index contributed by atoms with van der Waals surface area (Å²) in [5.41, 5.74) is 12.7. The second-order valence-electron chi connectivity index (χ2n) is 4.54. The second kappa shape index (κ2) is 5.94. The summed E-state index contributed by atoms with van der Waals surface area (Å²) in [6.07, 6.45) is 0.417. The fourth-order valence-electron chi connectivity index (χ4n) is 2.02. The highest BCUT2D eigenvalue weighted by atomic mass is 32.2. The molecule has 2 aromatic rings. The van der Waals surface area contributed by atoms with Crippen molar-refractivity contribution in [1.82, 2.24) is 0 Å². The van der Waals surface area contributed by atoms with Crippen molar-refractivity contribution in [3.8, 4) is 0 Å². The number of rotatable bonds is 4. The van der Waals surface area contributed by atoms with Crippen LogP contribution in [0.25, 0.3) is 0 Å². The maximum absolute atomic E-state index is 11.7. The Labute approximate surface area is 123 Å². The number of nitrogens with two attached hydrogens (primary N) is 3. The molecule has 21 heavy (non-hydrogen) atoms. The van der Waals surface area contributed by atoms with E-state index in [1.807, 2.05) is 30.3 Å². The largest absolute Gasteiger partial charge is 0.370 e. The number of nitrogens with zero attached hydrogens (tertiary/aromatic N) is 1. The lowest BCUT2D eigenvalue weighted by Gasteiger charge is -2.09. The Morgan fingerprint density at radius 2 is 1.71 bits per heavy atom. The monoisotopic (exact) mass is 304 g/mol. The van der Waals surface area contributed by atoms with Gasteiger partial charge in [0.1, 0.15) is 0 Å². The van der Waals surface area contributed by atoms with E-state index in [-0.39, 0.29) is 10.9 Å². The molecule has 0 unspecified atom stereocenters. The smallest absolute Gasteiger partial charge is 0.238 e. The second-order valence-corrected chi connectivity index (χ2v) is 6.07. The van der Waals surface area contributed by atoms with Gasteiger partial charge in [0, 0.05) is 0 Å². The molecule has 0 spiro atoms. The molecule has 0 atom stereocenters. The SMILES string of the molecule is NC(N)=Nc1ccc(S(N)(=O)=O)c(Cc2ccccc2)c1. The van der Waals surface area contributed by atoms with Crippen LogP contribution in [-0.4, -0.2) is 14.4 Å². The Balaban J connectivity index is 2.51. The molecular weight excluding hydrogens is 288 g/mol. The quantitative estimate of drug-likeness (QED) is 0.571. The van der Waals surface area contributed by atoms with Crippen LogP contribution >= 0.6 is 0 Å². The summed E-state index contributed by atoms with van der Waals surface area (Å²) >= 11 is 0. The van der Waals surface area contributed by atoms with E-state index in [2.05, 4.69) is 4.99 Å². The number of sulfonamides is 1. The Bertz CT molecular complexity index is 767. The molecule has 7 heteroatoms. The minimum absolute atomic E-state index is 0.0703. The van der Waals surface area contributed by atoms with Crippen LogP contribution < -0.4 is 16.6 Å². The number of hydrogen-bond acceptors (Lipinski definition) is 3. The Morgan fingerprint density at radius 1 is 1.05 bits per heavy atom. The van der Waals surface area contributed by atoms with Gasteiger partial charge < -0.3 is 11.5 Å². The van der Waals surface area contributed by atoms with Gasteiger partial charge >= 0.3 is 0 Å². The summed E-state index contributed by atoms with van der Waals surface area (Å²) in [6, 6.07) is 14.0. The molecule has 0 aromatic heterocycles. The first-order valence-electron chi connectivity index (χ1n) is 6.15. The van der Waals surface area contributed by atoms with Gasteiger partial charge in [-0.1, -0.05) is 30.3 Å². The topological polar surface area (TPSA) is 125 Å². The fourth-order valence-corrected chi connectivity index (χ4v) is 2.77. The lowest BCUT2D eigenvalue weighted by molar-refractivity contribution is 0.597. The van der Waals surface area contributed by atoms with E-state index < -0.39 is 10.0 Å².